The van der Waals surface area contributed by atoms with E-state index in [1.54, 1.807) is 17.1 Å². The molecule has 0 amide bonds. The normalized spacial score (nSPS) is 15.1. The van der Waals surface area contributed by atoms with Gasteiger partial charge in [0.1, 0.15) is 11.6 Å². The fourth-order valence-electron chi connectivity index (χ4n) is 3.26. The summed E-state index contributed by atoms with van der Waals surface area (Å²) in [6.45, 7) is 0. The predicted molar refractivity (Wildman–Crippen MR) is 103 cm³/mol. The molecule has 0 spiro atoms. The van der Waals surface area contributed by atoms with Gasteiger partial charge in [-0.3, -0.25) is 9.08 Å². The molecule has 9 nitrogen and oxygen atoms in total. The number of fused-ring (bicyclic) bond motifs is 1. The molecule has 1 saturated carbocycles. The second kappa shape index (κ2) is 6.68. The van der Waals surface area contributed by atoms with Crippen molar-refractivity contribution < 1.29 is 5.11 Å². The molecule has 2 N–H and O–H groups in total. The first-order valence-electron chi connectivity index (χ1n) is 9.27. The van der Waals surface area contributed by atoms with E-state index >= 15 is 0 Å². The fourth-order valence-corrected chi connectivity index (χ4v) is 3.26. The number of aromatic nitrogens is 7. The fraction of sp³-hybridized carbons (Fsp3) is 0.316. The molecular formula is C19H20N8O. The molecule has 5 rings (SSSR count). The van der Waals surface area contributed by atoms with Gasteiger partial charge < -0.3 is 10.4 Å². The second-order valence-corrected chi connectivity index (χ2v) is 7.10. The first kappa shape index (κ1) is 16.8. The van der Waals surface area contributed by atoms with E-state index in [2.05, 4.69) is 30.6 Å². The molecular weight excluding hydrogens is 356 g/mol. The molecule has 4 aromatic heterocycles. The predicted octanol–water partition coefficient (Wildman–Crippen LogP) is 1.98. The van der Waals surface area contributed by atoms with Crippen LogP contribution in [0.5, 0.6) is 0 Å². The zero-order chi connectivity index (χ0) is 19.1. The Balaban J connectivity index is 1.41. The van der Waals surface area contributed by atoms with Crippen molar-refractivity contribution in [3.8, 4) is 11.3 Å². The van der Waals surface area contributed by atoms with E-state index in [0.29, 0.717) is 18.3 Å². The van der Waals surface area contributed by atoms with Gasteiger partial charge in [0.25, 0.3) is 0 Å². The summed E-state index contributed by atoms with van der Waals surface area (Å²) in [5, 5.41) is 26.0. The molecule has 0 aliphatic heterocycles. The van der Waals surface area contributed by atoms with Gasteiger partial charge in [-0.25, -0.2) is 9.97 Å². The van der Waals surface area contributed by atoms with E-state index in [9.17, 15) is 5.11 Å². The van der Waals surface area contributed by atoms with Crippen LogP contribution >= 0.6 is 0 Å². The number of nitrogens with zero attached hydrogens (tertiary/aromatic N) is 7. The second-order valence-electron chi connectivity index (χ2n) is 7.10. The summed E-state index contributed by atoms with van der Waals surface area (Å²) in [5.41, 5.74) is 2.43. The van der Waals surface area contributed by atoms with Gasteiger partial charge in [0.15, 0.2) is 5.65 Å². The Bertz CT molecular complexity index is 1130. The lowest BCUT2D eigenvalue weighted by Crippen LogP contribution is -2.14. The third kappa shape index (κ3) is 3.20. The molecule has 9 heteroatoms. The van der Waals surface area contributed by atoms with Crippen LogP contribution in [0.15, 0.2) is 42.9 Å². The molecule has 1 unspecified atom stereocenters. The van der Waals surface area contributed by atoms with Gasteiger partial charge in [0.05, 0.1) is 18.0 Å². The highest BCUT2D eigenvalue weighted by atomic mass is 16.3. The number of aryl methyl sites for hydroxylation is 1. The van der Waals surface area contributed by atoms with E-state index < -0.39 is 0 Å². The number of rotatable bonds is 6. The van der Waals surface area contributed by atoms with E-state index in [1.807, 2.05) is 41.9 Å². The minimum absolute atomic E-state index is 0.338. The maximum atomic E-state index is 10.2. The Morgan fingerprint density at radius 1 is 1.21 bits per heavy atom. The van der Waals surface area contributed by atoms with Crippen LogP contribution in [0.1, 0.15) is 18.7 Å². The highest BCUT2D eigenvalue weighted by molar-refractivity contribution is 5.65. The zero-order valence-corrected chi connectivity index (χ0v) is 15.4. The van der Waals surface area contributed by atoms with Crippen molar-refractivity contribution in [2.45, 2.75) is 25.4 Å². The molecule has 0 radical (unpaired) electrons. The summed E-state index contributed by atoms with van der Waals surface area (Å²) in [6, 6.07) is 7.63. The topological polar surface area (TPSA) is 106 Å². The third-order valence-corrected chi connectivity index (χ3v) is 5.05. The van der Waals surface area contributed by atoms with Gasteiger partial charge in [-0.2, -0.15) is 5.10 Å². The van der Waals surface area contributed by atoms with Crippen LogP contribution in [0.25, 0.3) is 16.9 Å². The van der Waals surface area contributed by atoms with Gasteiger partial charge in [0.2, 0.25) is 5.95 Å². The molecule has 1 aliphatic carbocycles. The number of nitrogens with one attached hydrogen (secondary N) is 1. The number of aliphatic hydroxyl groups is 1. The summed E-state index contributed by atoms with van der Waals surface area (Å²) in [7, 11) is 1.85. The van der Waals surface area contributed by atoms with Gasteiger partial charge in [-0.05, 0) is 37.0 Å². The van der Waals surface area contributed by atoms with Crippen molar-refractivity contribution >= 4 is 17.4 Å². The molecule has 1 fully saturated rings. The average molecular weight is 376 g/mol. The van der Waals surface area contributed by atoms with Crippen molar-refractivity contribution in [3.05, 3.63) is 48.7 Å². The maximum absolute atomic E-state index is 10.2. The number of pyridine rings is 1. The Morgan fingerprint density at radius 3 is 2.89 bits per heavy atom. The SMILES string of the molecule is Cn1nccc1Nc1nccc(-c2ccn3c(CC(O)C4CC4)nnc3c2)n1. The first-order valence-corrected chi connectivity index (χ1v) is 9.27. The maximum Gasteiger partial charge on any atom is 0.228 e. The number of hydrogen-bond acceptors (Lipinski definition) is 7. The van der Waals surface area contributed by atoms with Gasteiger partial charge in [-0.1, -0.05) is 0 Å². The summed E-state index contributed by atoms with van der Waals surface area (Å²) in [4.78, 5) is 8.87. The summed E-state index contributed by atoms with van der Waals surface area (Å²) < 4.78 is 3.64. The van der Waals surface area contributed by atoms with Crippen LogP contribution in [0.3, 0.4) is 0 Å². The van der Waals surface area contributed by atoms with Crippen molar-refractivity contribution in [2.75, 3.05) is 5.32 Å². The van der Waals surface area contributed by atoms with E-state index in [-0.39, 0.29) is 6.10 Å². The van der Waals surface area contributed by atoms with Crippen molar-refractivity contribution in [3.63, 3.8) is 0 Å². The Hall–Kier alpha value is -3.33. The van der Waals surface area contributed by atoms with Crippen molar-refractivity contribution in [1.82, 2.24) is 34.3 Å². The zero-order valence-electron chi connectivity index (χ0n) is 15.4. The molecule has 4 heterocycles. The molecule has 4 aromatic rings. The number of aliphatic hydroxyl groups excluding tert-OH is 1. The Labute approximate surface area is 161 Å². The summed E-state index contributed by atoms with van der Waals surface area (Å²) in [6.07, 6.45) is 7.74. The van der Waals surface area contributed by atoms with Crippen LogP contribution < -0.4 is 5.32 Å². The number of hydrogen-bond donors (Lipinski definition) is 2. The lowest BCUT2D eigenvalue weighted by molar-refractivity contribution is 0.149. The van der Waals surface area contributed by atoms with Gasteiger partial charge >= 0.3 is 0 Å². The van der Waals surface area contributed by atoms with E-state index in [1.165, 1.54) is 0 Å². The highest BCUT2D eigenvalue weighted by Crippen LogP contribution is 2.33. The monoisotopic (exact) mass is 376 g/mol. The lowest BCUT2D eigenvalue weighted by atomic mass is 10.1. The minimum Gasteiger partial charge on any atom is -0.392 e. The van der Waals surface area contributed by atoms with Crippen LogP contribution in [0.2, 0.25) is 0 Å². The van der Waals surface area contributed by atoms with Gasteiger partial charge in [-0.15, -0.1) is 10.2 Å². The third-order valence-electron chi connectivity index (χ3n) is 5.05. The molecule has 1 atom stereocenters. The summed E-state index contributed by atoms with van der Waals surface area (Å²) in [5.74, 6) is 2.50. The van der Waals surface area contributed by atoms with Crippen LogP contribution in [-0.2, 0) is 13.5 Å². The van der Waals surface area contributed by atoms with Gasteiger partial charge in [0, 0.05) is 37.5 Å². The standard InChI is InChI=1S/C19H20N8O/c1-26-16(5-8-21-26)23-19-20-7-4-14(22-19)13-6-9-27-17(10-13)24-25-18(27)11-15(28)12-2-3-12/h4-10,12,15,28H,2-3,11H2,1H3,(H,20,22,23). The quantitative estimate of drug-likeness (QED) is 0.530. The molecule has 1 aliphatic rings. The Kier molecular flexibility index (Phi) is 4.01. The van der Waals surface area contributed by atoms with E-state index in [0.717, 1.165) is 41.4 Å². The van der Waals surface area contributed by atoms with Crippen LogP contribution in [0.4, 0.5) is 11.8 Å². The van der Waals surface area contributed by atoms with E-state index in [4.69, 9.17) is 0 Å². The van der Waals surface area contributed by atoms with Crippen LogP contribution in [0, 0.1) is 5.92 Å². The first-order chi connectivity index (χ1) is 13.7. The van der Waals surface area contributed by atoms with Crippen LogP contribution in [-0.4, -0.2) is 45.6 Å². The minimum atomic E-state index is -0.338. The largest absolute Gasteiger partial charge is 0.392 e. The highest BCUT2D eigenvalue weighted by Gasteiger charge is 2.30. The molecule has 0 aromatic carbocycles. The Morgan fingerprint density at radius 2 is 2.11 bits per heavy atom. The number of anilines is 2. The smallest absolute Gasteiger partial charge is 0.228 e. The molecule has 0 bridgehead atoms. The lowest BCUT2D eigenvalue weighted by Gasteiger charge is -2.08. The van der Waals surface area contributed by atoms with Crippen molar-refractivity contribution in [1.29, 1.82) is 0 Å². The average Bonchev–Trinajstić information content (AvgIpc) is 3.39. The molecule has 0 saturated heterocycles. The molecule has 142 valence electrons. The summed E-state index contributed by atoms with van der Waals surface area (Å²) >= 11 is 0. The van der Waals surface area contributed by atoms with Crippen molar-refractivity contribution in [2.24, 2.45) is 13.0 Å². The molecule has 28 heavy (non-hydrogen) atoms.